The van der Waals surface area contributed by atoms with Gasteiger partial charge in [0.25, 0.3) is 5.91 Å². The van der Waals surface area contributed by atoms with Crippen LogP contribution in [0.15, 0.2) is 18.2 Å². The molecule has 1 amide bonds. The molecule has 1 aromatic rings. The first-order valence-corrected chi connectivity index (χ1v) is 7.42. The molecule has 0 radical (unpaired) electrons. The van der Waals surface area contributed by atoms with E-state index in [9.17, 15) is 4.79 Å². The molecule has 0 aromatic heterocycles. The topological polar surface area (TPSA) is 41.1 Å². The first-order valence-electron chi connectivity index (χ1n) is 7.42. The number of anilines is 1. The molecule has 2 aliphatic rings. The SMILES string of the molecule is CC1CCCC1NC(=O)c1ccc2c(c1)CCCN2. The maximum atomic E-state index is 12.3. The minimum Gasteiger partial charge on any atom is -0.385 e. The molecule has 1 aromatic carbocycles. The highest BCUT2D eigenvalue weighted by Gasteiger charge is 2.25. The second-order valence-electron chi connectivity index (χ2n) is 5.89. The lowest BCUT2D eigenvalue weighted by atomic mass is 10.00. The summed E-state index contributed by atoms with van der Waals surface area (Å²) in [6.45, 7) is 3.27. The number of hydrogen-bond donors (Lipinski definition) is 2. The molecule has 1 heterocycles. The molecule has 1 fully saturated rings. The normalized spacial score (nSPS) is 25.5. The Morgan fingerprint density at radius 3 is 3.00 bits per heavy atom. The van der Waals surface area contributed by atoms with Gasteiger partial charge in [-0.2, -0.15) is 0 Å². The number of carbonyl (C=O) groups excluding carboxylic acids is 1. The van der Waals surface area contributed by atoms with Crippen molar-refractivity contribution in [3.05, 3.63) is 29.3 Å². The molecular weight excluding hydrogens is 236 g/mol. The van der Waals surface area contributed by atoms with Crippen molar-refractivity contribution < 1.29 is 4.79 Å². The predicted molar refractivity (Wildman–Crippen MR) is 77.5 cm³/mol. The van der Waals surface area contributed by atoms with Crippen molar-refractivity contribution in [2.45, 2.75) is 45.1 Å². The number of benzene rings is 1. The van der Waals surface area contributed by atoms with Gasteiger partial charge in [0.1, 0.15) is 0 Å². The zero-order chi connectivity index (χ0) is 13.2. The number of aryl methyl sites for hydroxylation is 1. The van der Waals surface area contributed by atoms with Crippen LogP contribution in [-0.4, -0.2) is 18.5 Å². The molecule has 0 bridgehead atoms. The van der Waals surface area contributed by atoms with E-state index in [0.717, 1.165) is 31.4 Å². The van der Waals surface area contributed by atoms with Gasteiger partial charge in [0, 0.05) is 23.8 Å². The monoisotopic (exact) mass is 258 g/mol. The summed E-state index contributed by atoms with van der Waals surface area (Å²) in [7, 11) is 0. The predicted octanol–water partition coefficient (Wildman–Crippen LogP) is 2.96. The fourth-order valence-corrected chi connectivity index (χ4v) is 3.23. The van der Waals surface area contributed by atoms with E-state index in [1.54, 1.807) is 0 Å². The van der Waals surface area contributed by atoms with Gasteiger partial charge in [0.2, 0.25) is 0 Å². The zero-order valence-electron chi connectivity index (χ0n) is 11.5. The number of nitrogens with one attached hydrogen (secondary N) is 2. The smallest absolute Gasteiger partial charge is 0.251 e. The number of amides is 1. The van der Waals surface area contributed by atoms with Crippen molar-refractivity contribution in [1.29, 1.82) is 0 Å². The number of carbonyl (C=O) groups is 1. The van der Waals surface area contributed by atoms with Crippen LogP contribution in [-0.2, 0) is 6.42 Å². The molecular formula is C16H22N2O. The second-order valence-corrected chi connectivity index (χ2v) is 5.89. The molecule has 2 N–H and O–H groups in total. The number of fused-ring (bicyclic) bond motifs is 1. The Balaban J connectivity index is 1.72. The second kappa shape index (κ2) is 5.24. The van der Waals surface area contributed by atoms with Gasteiger partial charge in [-0.05, 0) is 55.4 Å². The summed E-state index contributed by atoms with van der Waals surface area (Å²) in [5.41, 5.74) is 3.27. The minimum absolute atomic E-state index is 0.0899. The van der Waals surface area contributed by atoms with Crippen LogP contribution >= 0.6 is 0 Å². The lowest BCUT2D eigenvalue weighted by Crippen LogP contribution is -2.36. The summed E-state index contributed by atoms with van der Waals surface area (Å²) in [5, 5.41) is 6.57. The van der Waals surface area contributed by atoms with Crippen LogP contribution in [0.5, 0.6) is 0 Å². The van der Waals surface area contributed by atoms with E-state index >= 15 is 0 Å². The van der Waals surface area contributed by atoms with Crippen molar-refractivity contribution >= 4 is 11.6 Å². The van der Waals surface area contributed by atoms with Crippen molar-refractivity contribution in [2.75, 3.05) is 11.9 Å². The third kappa shape index (κ3) is 2.60. The number of rotatable bonds is 2. The minimum atomic E-state index is 0.0899. The van der Waals surface area contributed by atoms with E-state index in [1.807, 2.05) is 12.1 Å². The molecule has 1 saturated carbocycles. The van der Waals surface area contributed by atoms with Crippen molar-refractivity contribution in [2.24, 2.45) is 5.92 Å². The maximum Gasteiger partial charge on any atom is 0.251 e. The Bertz CT molecular complexity index is 484. The van der Waals surface area contributed by atoms with Gasteiger partial charge in [-0.3, -0.25) is 4.79 Å². The largest absolute Gasteiger partial charge is 0.385 e. The quantitative estimate of drug-likeness (QED) is 0.856. The third-order valence-corrected chi connectivity index (χ3v) is 4.48. The first-order chi connectivity index (χ1) is 9.24. The molecule has 0 spiro atoms. The van der Waals surface area contributed by atoms with Gasteiger partial charge in [0.15, 0.2) is 0 Å². The summed E-state index contributed by atoms with van der Waals surface area (Å²) in [6.07, 6.45) is 5.82. The van der Waals surface area contributed by atoms with E-state index in [-0.39, 0.29) is 5.91 Å². The van der Waals surface area contributed by atoms with Crippen LogP contribution < -0.4 is 10.6 Å². The lowest BCUT2D eigenvalue weighted by molar-refractivity contribution is 0.0929. The summed E-state index contributed by atoms with van der Waals surface area (Å²) in [5.74, 6) is 0.704. The Hall–Kier alpha value is -1.51. The van der Waals surface area contributed by atoms with E-state index in [1.165, 1.54) is 24.1 Å². The van der Waals surface area contributed by atoms with Gasteiger partial charge in [0.05, 0.1) is 0 Å². The van der Waals surface area contributed by atoms with Crippen LogP contribution in [0.4, 0.5) is 5.69 Å². The number of hydrogen-bond acceptors (Lipinski definition) is 2. The summed E-state index contributed by atoms with van der Waals surface area (Å²) in [6, 6.07) is 6.39. The summed E-state index contributed by atoms with van der Waals surface area (Å²) < 4.78 is 0. The molecule has 19 heavy (non-hydrogen) atoms. The summed E-state index contributed by atoms with van der Waals surface area (Å²) in [4.78, 5) is 12.3. The van der Waals surface area contributed by atoms with Gasteiger partial charge >= 0.3 is 0 Å². The third-order valence-electron chi connectivity index (χ3n) is 4.48. The Morgan fingerprint density at radius 1 is 1.32 bits per heavy atom. The highest BCUT2D eigenvalue weighted by Crippen LogP contribution is 2.26. The van der Waals surface area contributed by atoms with E-state index < -0.39 is 0 Å². The van der Waals surface area contributed by atoms with Crippen molar-refractivity contribution in [3.63, 3.8) is 0 Å². The maximum absolute atomic E-state index is 12.3. The van der Waals surface area contributed by atoms with Crippen molar-refractivity contribution in [3.8, 4) is 0 Å². The van der Waals surface area contributed by atoms with Gasteiger partial charge in [-0.15, -0.1) is 0 Å². The van der Waals surface area contributed by atoms with Crippen LogP contribution in [0.1, 0.15) is 48.5 Å². The lowest BCUT2D eigenvalue weighted by Gasteiger charge is -2.20. The molecule has 102 valence electrons. The molecule has 3 rings (SSSR count). The van der Waals surface area contributed by atoms with Gasteiger partial charge in [-0.25, -0.2) is 0 Å². The highest BCUT2D eigenvalue weighted by molar-refractivity contribution is 5.95. The molecule has 3 nitrogen and oxygen atoms in total. The standard InChI is InChI=1S/C16H22N2O/c1-11-4-2-6-14(11)18-16(19)13-7-8-15-12(10-13)5-3-9-17-15/h7-8,10-11,14,17H,2-6,9H2,1H3,(H,18,19). The van der Waals surface area contributed by atoms with Crippen LogP contribution in [0.2, 0.25) is 0 Å². The Kier molecular flexibility index (Phi) is 3.45. The molecule has 2 atom stereocenters. The van der Waals surface area contributed by atoms with Crippen LogP contribution in [0.25, 0.3) is 0 Å². The van der Waals surface area contributed by atoms with Crippen LogP contribution in [0, 0.1) is 5.92 Å². The Morgan fingerprint density at radius 2 is 2.21 bits per heavy atom. The average Bonchev–Trinajstić information content (AvgIpc) is 2.84. The van der Waals surface area contributed by atoms with Gasteiger partial charge < -0.3 is 10.6 Å². The average molecular weight is 258 g/mol. The van der Waals surface area contributed by atoms with Crippen molar-refractivity contribution in [1.82, 2.24) is 5.32 Å². The van der Waals surface area contributed by atoms with E-state index in [4.69, 9.17) is 0 Å². The van der Waals surface area contributed by atoms with E-state index in [2.05, 4.69) is 23.6 Å². The summed E-state index contributed by atoms with van der Waals surface area (Å²) >= 11 is 0. The molecule has 3 heteroatoms. The fraction of sp³-hybridized carbons (Fsp3) is 0.562. The molecule has 1 aliphatic carbocycles. The van der Waals surface area contributed by atoms with Crippen LogP contribution in [0.3, 0.4) is 0 Å². The Labute approximate surface area is 114 Å². The molecule has 1 aliphatic heterocycles. The fourth-order valence-electron chi connectivity index (χ4n) is 3.23. The van der Waals surface area contributed by atoms with Gasteiger partial charge in [-0.1, -0.05) is 13.3 Å². The highest BCUT2D eigenvalue weighted by atomic mass is 16.1. The molecule has 0 saturated heterocycles. The first kappa shape index (κ1) is 12.5. The van der Waals surface area contributed by atoms with E-state index in [0.29, 0.717) is 12.0 Å². The molecule has 2 unspecified atom stereocenters. The zero-order valence-corrected chi connectivity index (χ0v) is 11.5.